The Balaban J connectivity index is 0.00000264. The quantitative estimate of drug-likeness (QED) is 0.633. The van der Waals surface area contributed by atoms with Gasteiger partial charge in [-0.25, -0.2) is 0 Å². The average Bonchev–Trinajstić information content (AvgIpc) is 2.53. The highest BCUT2D eigenvalue weighted by Crippen LogP contribution is 2.25. The Hall–Kier alpha value is -0.970. The molecule has 2 aromatic rings. The smallest absolute Gasteiger partial charge is 0.122 e. The van der Waals surface area contributed by atoms with Crippen molar-refractivity contribution >= 4 is 36.4 Å². The summed E-state index contributed by atoms with van der Waals surface area (Å²) < 4.78 is 5.91. The third-order valence-corrected chi connectivity index (χ3v) is 3.57. The average molecular weight is 392 g/mol. The van der Waals surface area contributed by atoms with Gasteiger partial charge in [-0.3, -0.25) is 0 Å². The summed E-state index contributed by atoms with van der Waals surface area (Å²) in [4.78, 5) is 0. The van der Waals surface area contributed by atoms with Gasteiger partial charge in [0.25, 0.3) is 0 Å². The van der Waals surface area contributed by atoms with Crippen LogP contribution in [-0.2, 0) is 6.42 Å². The Kier molecular flexibility index (Phi) is 12.8. The van der Waals surface area contributed by atoms with Crippen molar-refractivity contribution in [3.63, 3.8) is 0 Å². The van der Waals surface area contributed by atoms with Gasteiger partial charge in [0.2, 0.25) is 0 Å². The maximum atomic E-state index is 6.12. The molecule has 6 heteroatoms. The molecule has 0 aliphatic rings. The summed E-state index contributed by atoms with van der Waals surface area (Å²) in [6.45, 7) is 3.11. The van der Waals surface area contributed by atoms with Crippen LogP contribution in [0.5, 0.6) is 5.75 Å². The minimum absolute atomic E-state index is 0. The normalized spacial score (nSPS) is 9.75. The number of benzene rings is 2. The second-order valence-electron chi connectivity index (χ2n) is 5.16. The molecule has 3 N–H and O–H groups in total. The van der Waals surface area contributed by atoms with Crippen LogP contribution >= 0.6 is 36.4 Å². The van der Waals surface area contributed by atoms with E-state index in [0.29, 0.717) is 13.2 Å². The van der Waals surface area contributed by atoms with Crippen LogP contribution in [0, 0.1) is 0 Å². The van der Waals surface area contributed by atoms with E-state index in [1.165, 1.54) is 5.56 Å². The third kappa shape index (κ3) is 8.22. The molecule has 0 heterocycles. The second-order valence-corrected chi connectivity index (χ2v) is 5.59. The lowest BCUT2D eigenvalue weighted by molar-refractivity contribution is 0.306. The largest absolute Gasteiger partial charge is 0.493 e. The summed E-state index contributed by atoms with van der Waals surface area (Å²) in [5.41, 5.74) is 7.80. The molecule has 0 aromatic heterocycles. The van der Waals surface area contributed by atoms with E-state index < -0.39 is 0 Å². The molecule has 134 valence electrons. The van der Waals surface area contributed by atoms with Gasteiger partial charge in [-0.05, 0) is 42.3 Å². The molecule has 0 saturated heterocycles. The van der Waals surface area contributed by atoms with E-state index in [-0.39, 0.29) is 24.8 Å². The summed E-state index contributed by atoms with van der Waals surface area (Å²) in [5.74, 6) is 0.909. The maximum absolute atomic E-state index is 6.12. The monoisotopic (exact) mass is 390 g/mol. The highest BCUT2D eigenvalue weighted by atomic mass is 35.5. The minimum Gasteiger partial charge on any atom is -0.493 e. The van der Waals surface area contributed by atoms with Gasteiger partial charge in [0, 0.05) is 24.5 Å². The van der Waals surface area contributed by atoms with Crippen LogP contribution in [-0.4, -0.2) is 26.2 Å². The molecule has 0 aliphatic heterocycles. The van der Waals surface area contributed by atoms with Crippen LogP contribution in [0.25, 0.3) is 0 Å². The van der Waals surface area contributed by atoms with Crippen molar-refractivity contribution < 1.29 is 4.74 Å². The van der Waals surface area contributed by atoms with Crippen molar-refractivity contribution in [2.45, 2.75) is 12.8 Å². The van der Waals surface area contributed by atoms with Crippen molar-refractivity contribution in [1.82, 2.24) is 5.32 Å². The molecular weight excluding hydrogens is 367 g/mol. The van der Waals surface area contributed by atoms with Crippen molar-refractivity contribution in [1.29, 1.82) is 0 Å². The lowest BCUT2D eigenvalue weighted by Crippen LogP contribution is -2.24. The first-order chi connectivity index (χ1) is 10.8. The number of ether oxygens (including phenoxy) is 1. The molecule has 0 saturated carbocycles. The number of hydrogen-bond acceptors (Lipinski definition) is 3. The zero-order chi connectivity index (χ0) is 15.6. The first-order valence-corrected chi connectivity index (χ1v) is 8.03. The summed E-state index contributed by atoms with van der Waals surface area (Å²) in [7, 11) is 0. The summed E-state index contributed by atoms with van der Waals surface area (Å²) in [5, 5.41) is 4.00. The maximum Gasteiger partial charge on any atom is 0.122 e. The van der Waals surface area contributed by atoms with Crippen LogP contribution < -0.4 is 15.8 Å². The van der Waals surface area contributed by atoms with Gasteiger partial charge in [0.15, 0.2) is 0 Å². The molecule has 0 radical (unpaired) electrons. The van der Waals surface area contributed by atoms with E-state index in [1.807, 2.05) is 36.4 Å². The first kappa shape index (κ1) is 23.0. The fourth-order valence-corrected chi connectivity index (χ4v) is 2.44. The van der Waals surface area contributed by atoms with Crippen molar-refractivity contribution in [3.8, 4) is 5.75 Å². The Bertz CT molecular complexity index is 567. The summed E-state index contributed by atoms with van der Waals surface area (Å²) >= 11 is 6.12. The van der Waals surface area contributed by atoms with Gasteiger partial charge in [-0.2, -0.15) is 0 Å². The Morgan fingerprint density at radius 1 is 1.00 bits per heavy atom. The molecule has 3 nitrogen and oxygen atoms in total. The number of halogens is 3. The topological polar surface area (TPSA) is 47.3 Å². The highest BCUT2D eigenvalue weighted by Gasteiger charge is 2.06. The van der Waals surface area contributed by atoms with Crippen molar-refractivity contribution in [2.75, 3.05) is 26.2 Å². The molecule has 24 heavy (non-hydrogen) atoms. The molecular formula is C18H25Cl3N2O. The SMILES string of the molecule is Cl.Cl.NCCNCCCOc1ccc(Cl)cc1Cc1ccccc1. The Morgan fingerprint density at radius 3 is 2.46 bits per heavy atom. The number of hydrogen-bond donors (Lipinski definition) is 2. The molecule has 2 aromatic carbocycles. The number of nitrogens with one attached hydrogen (secondary N) is 1. The standard InChI is InChI=1S/C18H23ClN2O.2ClH/c19-17-7-8-18(22-12-4-10-21-11-9-20)16(14-17)13-15-5-2-1-3-6-15;;/h1-3,5-8,14,21H,4,9-13,20H2;2*1H. The molecule has 0 unspecified atom stereocenters. The van der Waals surface area contributed by atoms with Gasteiger partial charge in [-0.1, -0.05) is 41.9 Å². The molecule has 0 bridgehead atoms. The predicted molar refractivity (Wildman–Crippen MR) is 107 cm³/mol. The number of nitrogens with two attached hydrogens (primary N) is 1. The Morgan fingerprint density at radius 2 is 1.75 bits per heavy atom. The zero-order valence-corrected chi connectivity index (χ0v) is 15.9. The number of rotatable bonds is 9. The van der Waals surface area contributed by atoms with Crippen molar-refractivity contribution in [2.24, 2.45) is 5.73 Å². The van der Waals surface area contributed by atoms with Gasteiger partial charge < -0.3 is 15.8 Å². The van der Waals surface area contributed by atoms with Crippen LogP contribution in [0.2, 0.25) is 5.02 Å². The van der Waals surface area contributed by atoms with E-state index in [1.54, 1.807) is 0 Å². The van der Waals surface area contributed by atoms with E-state index >= 15 is 0 Å². The minimum atomic E-state index is 0. The van der Waals surface area contributed by atoms with E-state index in [0.717, 1.165) is 42.3 Å². The summed E-state index contributed by atoms with van der Waals surface area (Å²) in [6.07, 6.45) is 1.77. The van der Waals surface area contributed by atoms with Crippen LogP contribution in [0.4, 0.5) is 0 Å². The lowest BCUT2D eigenvalue weighted by atomic mass is 10.0. The molecule has 2 rings (SSSR count). The van der Waals surface area contributed by atoms with E-state index in [2.05, 4.69) is 17.4 Å². The molecule has 0 fully saturated rings. The van der Waals surface area contributed by atoms with E-state index in [9.17, 15) is 0 Å². The molecule has 0 amide bonds. The zero-order valence-electron chi connectivity index (χ0n) is 13.5. The predicted octanol–water partition coefficient (Wildman–Crippen LogP) is 4.09. The van der Waals surface area contributed by atoms with Crippen LogP contribution in [0.3, 0.4) is 0 Å². The van der Waals surface area contributed by atoms with Gasteiger partial charge >= 0.3 is 0 Å². The third-order valence-electron chi connectivity index (χ3n) is 3.34. The summed E-state index contributed by atoms with van der Waals surface area (Å²) in [6, 6.07) is 16.1. The molecule has 0 spiro atoms. The van der Waals surface area contributed by atoms with Crippen LogP contribution in [0.15, 0.2) is 48.5 Å². The molecule has 0 aliphatic carbocycles. The van der Waals surface area contributed by atoms with Gasteiger partial charge in [0.1, 0.15) is 5.75 Å². The van der Waals surface area contributed by atoms with Gasteiger partial charge in [-0.15, -0.1) is 24.8 Å². The Labute approximate surface area is 161 Å². The molecule has 0 atom stereocenters. The van der Waals surface area contributed by atoms with Gasteiger partial charge in [0.05, 0.1) is 6.61 Å². The first-order valence-electron chi connectivity index (χ1n) is 7.65. The van der Waals surface area contributed by atoms with Crippen LogP contribution in [0.1, 0.15) is 17.5 Å². The van der Waals surface area contributed by atoms with E-state index in [4.69, 9.17) is 22.1 Å². The fraction of sp³-hybridized carbons (Fsp3) is 0.333. The van der Waals surface area contributed by atoms with Crippen molar-refractivity contribution in [3.05, 3.63) is 64.7 Å². The fourth-order valence-electron chi connectivity index (χ4n) is 2.25. The second kappa shape index (κ2) is 13.3. The lowest BCUT2D eigenvalue weighted by Gasteiger charge is -2.12. The highest BCUT2D eigenvalue weighted by molar-refractivity contribution is 6.30.